The molecular weight excluding hydrogens is 272 g/mol. The molecule has 0 saturated heterocycles. The number of aryl methyl sites for hydroxylation is 2. The third-order valence-electron chi connectivity index (χ3n) is 2.87. The van der Waals surface area contributed by atoms with Crippen LogP contribution in [0.25, 0.3) is 0 Å². The summed E-state index contributed by atoms with van der Waals surface area (Å²) < 4.78 is 15.8. The summed E-state index contributed by atoms with van der Waals surface area (Å²) in [6.45, 7) is 5.36. The van der Waals surface area contributed by atoms with Crippen molar-refractivity contribution in [1.82, 2.24) is 5.16 Å². The first kappa shape index (κ1) is 14.9. The Labute approximate surface area is 123 Å². The molecule has 0 bridgehead atoms. The molecular formula is C15H18N2O4. The minimum absolute atomic E-state index is 0.314. The predicted octanol–water partition coefficient (Wildman–Crippen LogP) is 2.71. The van der Waals surface area contributed by atoms with Crippen molar-refractivity contribution < 1.29 is 18.8 Å². The standard InChI is InChI=1S/C15H18N2O4/c1-9-5-6-12(13(7-9)19-4)20-11(3)15(18)16-14-8-10(2)21-17-14/h5-8,11H,1-4H3,(H,16,17,18)/t11-/m1/s1. The van der Waals surface area contributed by atoms with Crippen molar-refractivity contribution in [3.05, 3.63) is 35.6 Å². The van der Waals surface area contributed by atoms with Crippen molar-refractivity contribution in [2.45, 2.75) is 26.9 Å². The van der Waals surface area contributed by atoms with Gasteiger partial charge in [0.2, 0.25) is 0 Å². The minimum atomic E-state index is -0.696. The van der Waals surface area contributed by atoms with Gasteiger partial charge in [0.05, 0.1) is 7.11 Å². The molecule has 0 saturated carbocycles. The van der Waals surface area contributed by atoms with Gasteiger partial charge in [0, 0.05) is 6.07 Å². The normalized spacial score (nSPS) is 11.8. The Morgan fingerprint density at radius 2 is 2.05 bits per heavy atom. The molecule has 0 radical (unpaired) electrons. The topological polar surface area (TPSA) is 73.6 Å². The van der Waals surface area contributed by atoms with Crippen LogP contribution in [0.5, 0.6) is 11.5 Å². The number of rotatable bonds is 5. The van der Waals surface area contributed by atoms with Crippen molar-refractivity contribution in [3.8, 4) is 11.5 Å². The van der Waals surface area contributed by atoms with Gasteiger partial charge in [0.15, 0.2) is 23.4 Å². The summed E-state index contributed by atoms with van der Waals surface area (Å²) in [4.78, 5) is 12.0. The molecule has 1 heterocycles. The van der Waals surface area contributed by atoms with Gasteiger partial charge in [-0.15, -0.1) is 0 Å². The molecule has 1 aromatic carbocycles. The lowest BCUT2D eigenvalue weighted by molar-refractivity contribution is -0.122. The molecule has 6 heteroatoms. The number of hydrogen-bond acceptors (Lipinski definition) is 5. The molecule has 2 aromatic rings. The highest BCUT2D eigenvalue weighted by Crippen LogP contribution is 2.28. The largest absolute Gasteiger partial charge is 0.493 e. The van der Waals surface area contributed by atoms with Gasteiger partial charge in [-0.05, 0) is 38.5 Å². The lowest BCUT2D eigenvalue weighted by Crippen LogP contribution is -2.30. The van der Waals surface area contributed by atoms with E-state index >= 15 is 0 Å². The molecule has 6 nitrogen and oxygen atoms in total. The van der Waals surface area contributed by atoms with Crippen LogP contribution in [0, 0.1) is 13.8 Å². The summed E-state index contributed by atoms with van der Waals surface area (Å²) in [5, 5.41) is 6.33. The number of aromatic nitrogens is 1. The van der Waals surface area contributed by atoms with Crippen molar-refractivity contribution >= 4 is 11.7 Å². The number of ether oxygens (including phenoxy) is 2. The van der Waals surface area contributed by atoms with E-state index in [-0.39, 0.29) is 5.91 Å². The molecule has 0 aliphatic heterocycles. The van der Waals surface area contributed by atoms with E-state index in [2.05, 4.69) is 10.5 Å². The van der Waals surface area contributed by atoms with Crippen LogP contribution in [0.15, 0.2) is 28.8 Å². The van der Waals surface area contributed by atoms with E-state index in [9.17, 15) is 4.79 Å². The summed E-state index contributed by atoms with van der Waals surface area (Å²) in [6, 6.07) is 7.15. The number of nitrogens with one attached hydrogen (secondary N) is 1. The molecule has 21 heavy (non-hydrogen) atoms. The molecule has 112 valence electrons. The fourth-order valence-electron chi connectivity index (χ4n) is 1.77. The van der Waals surface area contributed by atoms with Gasteiger partial charge in [0.25, 0.3) is 5.91 Å². The molecule has 0 aliphatic rings. The monoisotopic (exact) mass is 290 g/mol. The summed E-state index contributed by atoms with van der Waals surface area (Å²) in [5.74, 6) is 1.78. The average Bonchev–Trinajstić information content (AvgIpc) is 2.85. The maximum atomic E-state index is 12.0. The minimum Gasteiger partial charge on any atom is -0.493 e. The third-order valence-corrected chi connectivity index (χ3v) is 2.87. The molecule has 1 N–H and O–H groups in total. The Kier molecular flexibility index (Phi) is 4.47. The maximum Gasteiger partial charge on any atom is 0.266 e. The Bertz CT molecular complexity index is 636. The van der Waals surface area contributed by atoms with Crippen LogP contribution in [-0.4, -0.2) is 24.3 Å². The highest BCUT2D eigenvalue weighted by atomic mass is 16.5. The molecule has 0 spiro atoms. The van der Waals surface area contributed by atoms with E-state index in [4.69, 9.17) is 14.0 Å². The molecule has 0 aliphatic carbocycles. The maximum absolute atomic E-state index is 12.0. The van der Waals surface area contributed by atoms with Crippen LogP contribution in [0.1, 0.15) is 18.2 Å². The highest BCUT2D eigenvalue weighted by Gasteiger charge is 2.18. The van der Waals surface area contributed by atoms with E-state index in [0.29, 0.717) is 23.1 Å². The SMILES string of the molecule is COc1cc(C)ccc1O[C@H](C)C(=O)Nc1cc(C)on1. The van der Waals surface area contributed by atoms with Crippen LogP contribution in [0.3, 0.4) is 0 Å². The highest BCUT2D eigenvalue weighted by molar-refractivity contribution is 5.93. The Hall–Kier alpha value is -2.50. The zero-order valence-electron chi connectivity index (χ0n) is 12.5. The zero-order chi connectivity index (χ0) is 15.4. The van der Waals surface area contributed by atoms with Gasteiger partial charge < -0.3 is 19.3 Å². The predicted molar refractivity (Wildman–Crippen MR) is 77.7 cm³/mol. The lowest BCUT2D eigenvalue weighted by Gasteiger charge is -2.16. The molecule has 1 aromatic heterocycles. The Morgan fingerprint density at radius 3 is 2.67 bits per heavy atom. The van der Waals surface area contributed by atoms with Gasteiger partial charge in [-0.25, -0.2) is 0 Å². The average molecular weight is 290 g/mol. The fourth-order valence-corrected chi connectivity index (χ4v) is 1.77. The second kappa shape index (κ2) is 6.30. The van der Waals surface area contributed by atoms with Gasteiger partial charge in [-0.1, -0.05) is 11.2 Å². The van der Waals surface area contributed by atoms with E-state index in [1.807, 2.05) is 19.1 Å². The summed E-state index contributed by atoms with van der Waals surface area (Å²) in [7, 11) is 1.56. The van der Waals surface area contributed by atoms with Gasteiger partial charge in [-0.2, -0.15) is 0 Å². The smallest absolute Gasteiger partial charge is 0.266 e. The summed E-state index contributed by atoms with van der Waals surface area (Å²) in [5.41, 5.74) is 1.05. The first-order chi connectivity index (χ1) is 9.99. The van der Waals surface area contributed by atoms with Gasteiger partial charge in [0.1, 0.15) is 5.76 Å². The van der Waals surface area contributed by atoms with E-state index in [1.54, 1.807) is 33.1 Å². The number of carbonyl (C=O) groups is 1. The quantitative estimate of drug-likeness (QED) is 0.916. The number of nitrogens with zero attached hydrogens (tertiary/aromatic N) is 1. The van der Waals surface area contributed by atoms with Crippen molar-refractivity contribution in [3.63, 3.8) is 0 Å². The third kappa shape index (κ3) is 3.75. The van der Waals surface area contributed by atoms with Crippen molar-refractivity contribution in [2.75, 3.05) is 12.4 Å². The Morgan fingerprint density at radius 1 is 1.29 bits per heavy atom. The molecule has 1 atom stereocenters. The first-order valence-electron chi connectivity index (χ1n) is 6.55. The zero-order valence-corrected chi connectivity index (χ0v) is 12.5. The lowest BCUT2D eigenvalue weighted by atomic mass is 10.2. The fraction of sp³-hybridized carbons (Fsp3) is 0.333. The van der Waals surface area contributed by atoms with Crippen LogP contribution in [-0.2, 0) is 4.79 Å². The Balaban J connectivity index is 2.03. The number of amides is 1. The van der Waals surface area contributed by atoms with Crippen LogP contribution in [0.4, 0.5) is 5.82 Å². The molecule has 1 amide bonds. The molecule has 0 fully saturated rings. The number of anilines is 1. The van der Waals surface area contributed by atoms with Crippen molar-refractivity contribution in [1.29, 1.82) is 0 Å². The van der Waals surface area contributed by atoms with E-state index in [1.165, 1.54) is 0 Å². The number of carbonyl (C=O) groups excluding carboxylic acids is 1. The molecule has 0 unspecified atom stereocenters. The van der Waals surface area contributed by atoms with E-state index in [0.717, 1.165) is 5.56 Å². The van der Waals surface area contributed by atoms with Crippen LogP contribution >= 0.6 is 0 Å². The van der Waals surface area contributed by atoms with Gasteiger partial charge >= 0.3 is 0 Å². The summed E-state index contributed by atoms with van der Waals surface area (Å²) >= 11 is 0. The first-order valence-corrected chi connectivity index (χ1v) is 6.55. The number of hydrogen-bond donors (Lipinski definition) is 1. The van der Waals surface area contributed by atoms with Gasteiger partial charge in [-0.3, -0.25) is 4.79 Å². The summed E-state index contributed by atoms with van der Waals surface area (Å²) in [6.07, 6.45) is -0.696. The second-order valence-corrected chi connectivity index (χ2v) is 4.73. The van der Waals surface area contributed by atoms with Crippen LogP contribution < -0.4 is 14.8 Å². The van der Waals surface area contributed by atoms with Crippen molar-refractivity contribution in [2.24, 2.45) is 0 Å². The number of benzene rings is 1. The number of methoxy groups -OCH3 is 1. The van der Waals surface area contributed by atoms with Crippen LogP contribution in [0.2, 0.25) is 0 Å². The second-order valence-electron chi connectivity index (χ2n) is 4.73. The van der Waals surface area contributed by atoms with E-state index < -0.39 is 6.10 Å². The molecule has 2 rings (SSSR count).